The van der Waals surface area contributed by atoms with Crippen molar-refractivity contribution in [1.29, 1.82) is 0 Å². The maximum Gasteiger partial charge on any atom is 0.287 e. The van der Waals surface area contributed by atoms with E-state index in [9.17, 15) is 4.79 Å². The molecule has 1 atom stereocenters. The van der Waals surface area contributed by atoms with Crippen molar-refractivity contribution in [3.8, 4) is 0 Å². The minimum Gasteiger partial charge on any atom is -0.453 e. The minimum atomic E-state index is -0.248. The van der Waals surface area contributed by atoms with Crippen LogP contribution in [0.15, 0.2) is 21.7 Å². The number of ether oxygens (including phenoxy) is 2. The molecule has 142 valence electrons. The van der Waals surface area contributed by atoms with Crippen LogP contribution >= 0.6 is 11.8 Å². The first-order valence-electron chi connectivity index (χ1n) is 8.66. The zero-order valence-corrected chi connectivity index (χ0v) is 15.9. The van der Waals surface area contributed by atoms with Gasteiger partial charge >= 0.3 is 0 Å². The number of carbonyl (C=O) groups excluding carboxylic acids is 1. The number of thioether (sulfide) groups is 1. The van der Waals surface area contributed by atoms with Gasteiger partial charge < -0.3 is 23.8 Å². The third-order valence-electron chi connectivity index (χ3n) is 4.15. The van der Waals surface area contributed by atoms with E-state index >= 15 is 0 Å². The van der Waals surface area contributed by atoms with Crippen LogP contribution in [0.1, 0.15) is 35.0 Å². The molecule has 2 aromatic rings. The normalized spacial score (nSPS) is 16.9. The molecule has 0 radical (unpaired) electrons. The quantitative estimate of drug-likeness (QED) is 0.663. The molecule has 1 fully saturated rings. The molecule has 8 nitrogen and oxygen atoms in total. The number of aromatic nitrogens is 3. The second-order valence-electron chi connectivity index (χ2n) is 6.11. The molecular weight excluding hydrogens is 356 g/mol. The predicted octanol–water partition coefficient (Wildman–Crippen LogP) is 1.80. The lowest BCUT2D eigenvalue weighted by molar-refractivity contribution is 0.0917. The number of methoxy groups -OCH3 is 1. The third kappa shape index (κ3) is 4.87. The molecule has 0 spiro atoms. The van der Waals surface area contributed by atoms with Gasteiger partial charge in [-0.15, -0.1) is 10.2 Å². The second kappa shape index (κ2) is 9.20. The number of carbonyl (C=O) groups is 1. The maximum absolute atomic E-state index is 12.1. The fraction of sp³-hybridized carbons (Fsp3) is 0.588. The topological polar surface area (TPSA) is 91.4 Å². The van der Waals surface area contributed by atoms with Crippen molar-refractivity contribution in [2.24, 2.45) is 7.05 Å². The van der Waals surface area contributed by atoms with Crippen molar-refractivity contribution in [1.82, 2.24) is 20.1 Å². The van der Waals surface area contributed by atoms with Crippen LogP contribution in [-0.4, -0.2) is 52.8 Å². The summed E-state index contributed by atoms with van der Waals surface area (Å²) >= 11 is 1.66. The molecule has 1 aliphatic rings. The van der Waals surface area contributed by atoms with Crippen LogP contribution in [0.4, 0.5) is 0 Å². The van der Waals surface area contributed by atoms with Crippen LogP contribution in [0, 0.1) is 0 Å². The summed E-state index contributed by atoms with van der Waals surface area (Å²) in [6.45, 7) is 1.66. The number of furan rings is 1. The van der Waals surface area contributed by atoms with E-state index in [-0.39, 0.29) is 11.7 Å². The van der Waals surface area contributed by atoms with Crippen LogP contribution in [0.3, 0.4) is 0 Å². The van der Waals surface area contributed by atoms with E-state index in [1.165, 1.54) is 0 Å². The van der Waals surface area contributed by atoms with Gasteiger partial charge in [0.15, 0.2) is 10.9 Å². The van der Waals surface area contributed by atoms with Gasteiger partial charge in [-0.05, 0) is 25.0 Å². The Morgan fingerprint density at radius 3 is 3.12 bits per heavy atom. The van der Waals surface area contributed by atoms with E-state index in [0.29, 0.717) is 31.4 Å². The first kappa shape index (κ1) is 18.9. The maximum atomic E-state index is 12.1. The number of hydrogen-bond acceptors (Lipinski definition) is 7. The average Bonchev–Trinajstić information content (AvgIpc) is 3.36. The van der Waals surface area contributed by atoms with Gasteiger partial charge in [-0.1, -0.05) is 11.8 Å². The summed E-state index contributed by atoms with van der Waals surface area (Å²) in [5.74, 6) is 2.38. The summed E-state index contributed by atoms with van der Waals surface area (Å²) in [5, 5.41) is 12.2. The van der Waals surface area contributed by atoms with Gasteiger partial charge in [0.25, 0.3) is 5.91 Å². The third-order valence-corrected chi connectivity index (χ3v) is 5.31. The van der Waals surface area contributed by atoms with E-state index < -0.39 is 0 Å². The molecule has 0 bridgehead atoms. The number of rotatable bonds is 9. The number of nitrogens with one attached hydrogen (secondary N) is 1. The van der Waals surface area contributed by atoms with Crippen LogP contribution in [0.2, 0.25) is 0 Å². The summed E-state index contributed by atoms with van der Waals surface area (Å²) in [6.07, 6.45) is 3.16. The zero-order valence-electron chi connectivity index (χ0n) is 15.1. The minimum absolute atomic E-state index is 0.248. The molecule has 0 aromatic carbocycles. The SMILES string of the molecule is COCc1ccc(C(=O)NCCc2nnc(SC[C@@H]3CCCO3)n2C)o1. The monoisotopic (exact) mass is 380 g/mol. The Bertz CT molecular complexity index is 724. The van der Waals surface area contributed by atoms with E-state index in [4.69, 9.17) is 13.9 Å². The van der Waals surface area contributed by atoms with Gasteiger partial charge in [-0.3, -0.25) is 4.79 Å². The Kier molecular flexibility index (Phi) is 6.70. The smallest absolute Gasteiger partial charge is 0.287 e. The van der Waals surface area contributed by atoms with Crippen LogP contribution in [0.25, 0.3) is 0 Å². The summed E-state index contributed by atoms with van der Waals surface area (Å²) < 4.78 is 18.0. The molecular formula is C17H24N4O4S. The van der Waals surface area contributed by atoms with Crippen molar-refractivity contribution in [2.75, 3.05) is 26.0 Å². The first-order chi connectivity index (χ1) is 12.7. The highest BCUT2D eigenvalue weighted by Gasteiger charge is 2.18. The molecule has 1 aliphatic heterocycles. The summed E-state index contributed by atoms with van der Waals surface area (Å²) in [4.78, 5) is 12.1. The van der Waals surface area contributed by atoms with Crippen LogP contribution < -0.4 is 5.32 Å². The molecule has 26 heavy (non-hydrogen) atoms. The molecule has 0 saturated carbocycles. The zero-order chi connectivity index (χ0) is 18.4. The first-order valence-corrected chi connectivity index (χ1v) is 9.64. The Balaban J connectivity index is 1.44. The molecule has 1 amide bonds. The van der Waals surface area contributed by atoms with E-state index in [1.54, 1.807) is 31.0 Å². The summed E-state index contributed by atoms with van der Waals surface area (Å²) in [7, 11) is 3.52. The lowest BCUT2D eigenvalue weighted by Crippen LogP contribution is -2.26. The Hall–Kier alpha value is -1.84. The molecule has 0 unspecified atom stereocenters. The van der Waals surface area contributed by atoms with Gasteiger partial charge in [-0.2, -0.15) is 0 Å². The lowest BCUT2D eigenvalue weighted by Gasteiger charge is -2.08. The lowest BCUT2D eigenvalue weighted by atomic mass is 10.3. The van der Waals surface area contributed by atoms with E-state index in [0.717, 1.165) is 36.2 Å². The number of hydrogen-bond donors (Lipinski definition) is 1. The number of amides is 1. The fourth-order valence-corrected chi connectivity index (χ4v) is 3.72. The van der Waals surface area contributed by atoms with Gasteiger partial charge in [-0.25, -0.2) is 0 Å². The van der Waals surface area contributed by atoms with Gasteiger partial charge in [0.2, 0.25) is 0 Å². The van der Waals surface area contributed by atoms with Crippen molar-refractivity contribution in [2.45, 2.75) is 37.1 Å². The molecule has 2 aromatic heterocycles. The molecule has 0 aliphatic carbocycles. The van der Waals surface area contributed by atoms with E-state index in [1.807, 2.05) is 11.6 Å². The Morgan fingerprint density at radius 1 is 1.46 bits per heavy atom. The average molecular weight is 380 g/mol. The largest absolute Gasteiger partial charge is 0.453 e. The highest BCUT2D eigenvalue weighted by molar-refractivity contribution is 7.99. The van der Waals surface area contributed by atoms with Gasteiger partial charge in [0, 0.05) is 39.5 Å². The highest BCUT2D eigenvalue weighted by atomic mass is 32.2. The highest BCUT2D eigenvalue weighted by Crippen LogP contribution is 2.22. The van der Waals surface area contributed by atoms with Crippen LogP contribution in [-0.2, 0) is 29.5 Å². The summed E-state index contributed by atoms with van der Waals surface area (Å²) in [5.41, 5.74) is 0. The molecule has 1 N–H and O–H groups in total. The Labute approximate surface area is 156 Å². The standard InChI is InChI=1S/C17H24N4O4S/c1-21-15(19-20-17(21)26-11-13-4-3-9-24-13)7-8-18-16(22)14-6-5-12(25-14)10-23-2/h5-6,13H,3-4,7-11H2,1-2H3,(H,18,22)/t13-/m0/s1. The predicted molar refractivity (Wildman–Crippen MR) is 96.2 cm³/mol. The van der Waals surface area contributed by atoms with Crippen molar-refractivity contribution >= 4 is 17.7 Å². The fourth-order valence-electron chi connectivity index (χ4n) is 2.73. The number of nitrogens with zero attached hydrogens (tertiary/aromatic N) is 3. The summed E-state index contributed by atoms with van der Waals surface area (Å²) in [6, 6.07) is 3.38. The Morgan fingerprint density at radius 2 is 2.35 bits per heavy atom. The van der Waals surface area contributed by atoms with Gasteiger partial charge in [0.1, 0.15) is 18.2 Å². The molecule has 3 heterocycles. The van der Waals surface area contributed by atoms with Gasteiger partial charge in [0.05, 0.1) is 6.10 Å². The van der Waals surface area contributed by atoms with Crippen molar-refractivity contribution in [3.05, 3.63) is 29.5 Å². The molecule has 1 saturated heterocycles. The van der Waals surface area contributed by atoms with Crippen LogP contribution in [0.5, 0.6) is 0 Å². The molecule has 9 heteroatoms. The second-order valence-corrected chi connectivity index (χ2v) is 7.10. The van der Waals surface area contributed by atoms with E-state index in [2.05, 4.69) is 15.5 Å². The van der Waals surface area contributed by atoms with Crippen molar-refractivity contribution in [3.63, 3.8) is 0 Å². The molecule has 3 rings (SSSR count). The van der Waals surface area contributed by atoms with Crippen molar-refractivity contribution < 1.29 is 18.7 Å².